The van der Waals surface area contributed by atoms with Crippen LogP contribution in [-0.4, -0.2) is 19.0 Å². The highest BCUT2D eigenvalue weighted by Gasteiger charge is 2.38. The van der Waals surface area contributed by atoms with Crippen molar-refractivity contribution in [2.24, 2.45) is 5.16 Å². The smallest absolute Gasteiger partial charge is 0.437 e. The fourth-order valence-corrected chi connectivity index (χ4v) is 2.23. The van der Waals surface area contributed by atoms with Crippen LogP contribution in [0.4, 0.5) is 35.1 Å². The molecule has 14 heteroatoms. The first-order valence-electron chi connectivity index (χ1n) is 7.06. The Morgan fingerprint density at radius 3 is 1.86 bits per heavy atom. The summed E-state index contributed by atoms with van der Waals surface area (Å²) in [7, 11) is 1.30. The Hall–Kier alpha value is -2.58. The Kier molecular flexibility index (Phi) is 7.26. The maximum atomic E-state index is 13.4. The van der Waals surface area contributed by atoms with E-state index in [1.165, 1.54) is 19.2 Å². The second kappa shape index (κ2) is 9.28. The molecule has 0 spiro atoms. The highest BCUT2D eigenvalue weighted by molar-refractivity contribution is 7.94. The molecule has 0 amide bonds. The Morgan fingerprint density at radius 2 is 1.38 bits per heavy atom. The molecule has 0 aliphatic heterocycles. The molecule has 0 saturated carbocycles. The van der Waals surface area contributed by atoms with Crippen LogP contribution in [0.5, 0.6) is 5.75 Å². The average Bonchev–Trinajstić information content (AvgIpc) is 2.69. The van der Waals surface area contributed by atoms with Gasteiger partial charge >= 0.3 is 6.18 Å². The van der Waals surface area contributed by atoms with Gasteiger partial charge in [0.1, 0.15) is 10.6 Å². The second-order valence-electron chi connectivity index (χ2n) is 4.86. The molecule has 0 aliphatic carbocycles. The molecule has 0 saturated heterocycles. The number of hydrogen-bond acceptors (Lipinski definition) is 6. The third kappa shape index (κ3) is 5.27. The van der Waals surface area contributed by atoms with Gasteiger partial charge in [0.15, 0.2) is 29.0 Å². The van der Waals surface area contributed by atoms with E-state index in [-0.39, 0.29) is 5.75 Å². The number of hydrogen-bond donors (Lipinski definition) is 0. The molecule has 2 aromatic carbocycles. The third-order valence-corrected chi connectivity index (χ3v) is 3.75. The first kappa shape index (κ1) is 22.7. The van der Waals surface area contributed by atoms with Crippen LogP contribution >= 0.6 is 12.0 Å². The summed E-state index contributed by atoms with van der Waals surface area (Å²) in [5.74, 6) is -11.1. The van der Waals surface area contributed by atoms with Gasteiger partial charge in [-0.1, -0.05) is 0 Å². The highest BCUT2D eigenvalue weighted by atomic mass is 32.2. The van der Waals surface area contributed by atoms with Crippen molar-refractivity contribution in [1.29, 1.82) is 0 Å². The van der Waals surface area contributed by atoms with Crippen molar-refractivity contribution in [2.45, 2.75) is 11.1 Å². The Balaban J connectivity index is 2.07. The average molecular weight is 449 g/mol. The predicted molar refractivity (Wildman–Crippen MR) is 80.9 cm³/mol. The van der Waals surface area contributed by atoms with E-state index in [1.54, 1.807) is 0 Å². The molecule has 0 radical (unpaired) electrons. The van der Waals surface area contributed by atoms with Crippen LogP contribution in [0.2, 0.25) is 0 Å². The Labute approximate surface area is 160 Å². The second-order valence-corrected chi connectivity index (χ2v) is 5.57. The SMILES string of the molecule is COc1ccc(/C(=N/OOOSc2c(F)c(F)c(F)c(F)c2F)C(F)(F)F)cc1. The summed E-state index contributed by atoms with van der Waals surface area (Å²) in [6.07, 6.45) is -5.01. The van der Waals surface area contributed by atoms with Gasteiger partial charge in [-0.2, -0.15) is 18.2 Å². The first-order valence-corrected chi connectivity index (χ1v) is 7.80. The molecule has 0 N–H and O–H groups in total. The summed E-state index contributed by atoms with van der Waals surface area (Å²) in [6, 6.07) is 4.40. The van der Waals surface area contributed by atoms with Gasteiger partial charge in [-0.3, -0.25) is 0 Å². The molecule has 0 aromatic heterocycles. The molecule has 0 unspecified atom stereocenters. The number of rotatable bonds is 7. The van der Waals surface area contributed by atoms with Gasteiger partial charge in [-0.05, 0) is 29.4 Å². The zero-order chi connectivity index (χ0) is 21.8. The summed E-state index contributed by atoms with van der Waals surface area (Å²) < 4.78 is 113. The first-order chi connectivity index (χ1) is 13.6. The van der Waals surface area contributed by atoms with Crippen LogP contribution in [-0.2, 0) is 14.4 Å². The van der Waals surface area contributed by atoms with Gasteiger partial charge in [-0.25, -0.2) is 22.0 Å². The zero-order valence-electron chi connectivity index (χ0n) is 13.8. The molecule has 5 nitrogen and oxygen atoms in total. The quantitative estimate of drug-likeness (QED) is 0.0846. The van der Waals surface area contributed by atoms with E-state index in [0.717, 1.165) is 12.1 Å². The van der Waals surface area contributed by atoms with Crippen LogP contribution < -0.4 is 4.74 Å². The van der Waals surface area contributed by atoms with Crippen LogP contribution in [0.3, 0.4) is 0 Å². The molecular weight excluding hydrogens is 442 g/mol. The number of benzene rings is 2. The van der Waals surface area contributed by atoms with Crippen molar-refractivity contribution in [3.8, 4) is 5.75 Å². The molecule has 0 heterocycles. The lowest BCUT2D eigenvalue weighted by Gasteiger charge is -2.10. The summed E-state index contributed by atoms with van der Waals surface area (Å²) in [4.78, 5) is 2.29. The standard InChI is InChI=1S/C15H7F8NO4S/c1-25-7-4-2-6(3-5-7)14(15(21,22)23)24-26-27-28-29-13-11(19)9(17)8(16)10(18)12(13)20/h2-5H,1H3/b24-14-. The molecule has 0 atom stereocenters. The van der Waals surface area contributed by atoms with Crippen molar-refractivity contribution in [2.75, 3.05) is 7.11 Å². The van der Waals surface area contributed by atoms with Gasteiger partial charge < -0.3 is 4.74 Å². The molecule has 2 aromatic rings. The van der Waals surface area contributed by atoms with Gasteiger partial charge in [-0.15, -0.1) is 4.33 Å². The van der Waals surface area contributed by atoms with Crippen molar-refractivity contribution in [3.05, 3.63) is 58.9 Å². The molecule has 0 fully saturated rings. The summed E-state index contributed by atoms with van der Waals surface area (Å²) in [5.41, 5.74) is -2.04. The summed E-state index contributed by atoms with van der Waals surface area (Å²) in [6.45, 7) is 0. The van der Waals surface area contributed by atoms with Crippen LogP contribution in [0.25, 0.3) is 0 Å². The Morgan fingerprint density at radius 1 is 0.862 bits per heavy atom. The minimum absolute atomic E-state index is 0.259. The van der Waals surface area contributed by atoms with Crippen molar-refractivity contribution in [3.63, 3.8) is 0 Å². The fraction of sp³-hybridized carbons (Fsp3) is 0.133. The lowest BCUT2D eigenvalue weighted by Crippen LogP contribution is -2.24. The number of halogens is 8. The molecule has 2 rings (SSSR count). The van der Waals surface area contributed by atoms with Gasteiger partial charge in [0.25, 0.3) is 0 Å². The normalized spacial score (nSPS) is 12.2. The van der Waals surface area contributed by atoms with E-state index < -0.39 is 63.5 Å². The van der Waals surface area contributed by atoms with E-state index >= 15 is 0 Å². The summed E-state index contributed by atoms with van der Waals surface area (Å²) in [5, 5.41) is 6.37. The lowest BCUT2D eigenvalue weighted by molar-refractivity contribution is -0.462. The number of alkyl halides is 3. The number of oxime groups is 1. The van der Waals surface area contributed by atoms with Crippen LogP contribution in [0, 0.1) is 29.1 Å². The highest BCUT2D eigenvalue weighted by Crippen LogP contribution is 2.31. The van der Waals surface area contributed by atoms with Crippen LogP contribution in [0.1, 0.15) is 5.56 Å². The molecule has 0 bridgehead atoms. The van der Waals surface area contributed by atoms with E-state index in [0.29, 0.717) is 0 Å². The fourth-order valence-electron chi connectivity index (χ4n) is 1.79. The van der Waals surface area contributed by atoms with Gasteiger partial charge in [0, 0.05) is 10.6 Å². The van der Waals surface area contributed by atoms with E-state index in [4.69, 9.17) is 4.74 Å². The largest absolute Gasteiger partial charge is 0.497 e. The molecular formula is C15H7F8NO4S. The summed E-state index contributed by atoms with van der Waals surface area (Å²) >= 11 is -0.540. The number of methoxy groups -OCH3 is 1. The number of nitrogens with zero attached hydrogens (tertiary/aromatic N) is 1. The lowest BCUT2D eigenvalue weighted by atomic mass is 10.1. The maximum Gasteiger partial charge on any atom is 0.437 e. The van der Waals surface area contributed by atoms with Gasteiger partial charge in [0.05, 0.1) is 19.2 Å². The monoisotopic (exact) mass is 449 g/mol. The zero-order valence-corrected chi connectivity index (χ0v) is 14.6. The predicted octanol–water partition coefficient (Wildman–Crippen LogP) is 5.24. The van der Waals surface area contributed by atoms with E-state index in [9.17, 15) is 35.1 Å². The maximum absolute atomic E-state index is 13.4. The third-order valence-electron chi connectivity index (χ3n) is 3.11. The van der Waals surface area contributed by atoms with E-state index in [1.807, 2.05) is 0 Å². The van der Waals surface area contributed by atoms with Crippen molar-refractivity contribution < 1.29 is 54.2 Å². The van der Waals surface area contributed by atoms with Crippen molar-refractivity contribution in [1.82, 2.24) is 0 Å². The molecule has 0 aliphatic rings. The van der Waals surface area contributed by atoms with Gasteiger partial charge in [0.2, 0.25) is 5.82 Å². The van der Waals surface area contributed by atoms with Crippen molar-refractivity contribution >= 4 is 17.8 Å². The molecule has 29 heavy (non-hydrogen) atoms. The molecule has 158 valence electrons. The van der Waals surface area contributed by atoms with E-state index in [2.05, 4.69) is 19.5 Å². The van der Waals surface area contributed by atoms with Crippen LogP contribution in [0.15, 0.2) is 34.3 Å². The number of ether oxygens (including phenoxy) is 1. The topological polar surface area (TPSA) is 49.3 Å². The Bertz CT molecular complexity index is 876. The minimum Gasteiger partial charge on any atom is -0.497 e. The minimum atomic E-state index is -5.01.